The van der Waals surface area contributed by atoms with Crippen molar-refractivity contribution < 1.29 is 23.8 Å². The van der Waals surface area contributed by atoms with E-state index in [-0.39, 0.29) is 25.7 Å². The molecule has 1 aliphatic heterocycles. The minimum absolute atomic E-state index is 0.101. The Bertz CT molecular complexity index is 838. The van der Waals surface area contributed by atoms with E-state index in [4.69, 9.17) is 19.9 Å². The first kappa shape index (κ1) is 19.3. The van der Waals surface area contributed by atoms with Gasteiger partial charge in [0.2, 0.25) is 18.6 Å². The van der Waals surface area contributed by atoms with Crippen LogP contribution in [-0.4, -0.2) is 38.8 Å². The number of methoxy groups -OCH3 is 1. The van der Waals surface area contributed by atoms with Gasteiger partial charge in [-0.15, -0.1) is 0 Å². The van der Waals surface area contributed by atoms with Crippen LogP contribution in [0.1, 0.15) is 12.0 Å². The van der Waals surface area contributed by atoms with Gasteiger partial charge in [-0.3, -0.25) is 9.59 Å². The molecule has 28 heavy (non-hydrogen) atoms. The largest absolute Gasteiger partial charge is 0.497 e. The van der Waals surface area contributed by atoms with Gasteiger partial charge in [0.05, 0.1) is 13.7 Å². The van der Waals surface area contributed by atoms with Gasteiger partial charge in [0, 0.05) is 25.2 Å². The molecule has 0 unspecified atom stereocenters. The Labute approximate surface area is 163 Å². The normalized spacial score (nSPS) is 11.8. The van der Waals surface area contributed by atoms with Crippen molar-refractivity contribution in [1.82, 2.24) is 5.32 Å². The molecule has 0 spiro atoms. The molecule has 0 fully saturated rings. The van der Waals surface area contributed by atoms with E-state index < -0.39 is 5.91 Å². The predicted octanol–water partition coefficient (Wildman–Crippen LogP) is 1.42. The minimum atomic E-state index is -0.417. The highest BCUT2D eigenvalue weighted by atomic mass is 16.7. The molecule has 1 heterocycles. The zero-order valence-electron chi connectivity index (χ0n) is 15.6. The van der Waals surface area contributed by atoms with Crippen LogP contribution in [0.3, 0.4) is 0 Å². The number of amides is 2. The number of ether oxygens (including phenoxy) is 3. The highest BCUT2D eigenvalue weighted by Crippen LogP contribution is 2.32. The SMILES string of the molecule is COc1ccc(N(CCC(N)=O)CC(=O)NCc2ccc3c(c2)OCO3)cc1. The zero-order chi connectivity index (χ0) is 19.9. The van der Waals surface area contributed by atoms with Gasteiger partial charge in [0.1, 0.15) is 5.75 Å². The molecule has 0 radical (unpaired) electrons. The Kier molecular flexibility index (Phi) is 6.21. The van der Waals surface area contributed by atoms with E-state index in [2.05, 4.69) is 5.32 Å². The summed E-state index contributed by atoms with van der Waals surface area (Å²) in [4.78, 5) is 25.4. The number of hydrogen-bond acceptors (Lipinski definition) is 6. The van der Waals surface area contributed by atoms with Crippen LogP contribution in [0.5, 0.6) is 17.2 Å². The third kappa shape index (κ3) is 5.06. The van der Waals surface area contributed by atoms with Gasteiger partial charge in [0.25, 0.3) is 0 Å². The summed E-state index contributed by atoms with van der Waals surface area (Å²) in [6, 6.07) is 12.8. The standard InChI is InChI=1S/C20H23N3O5/c1-26-16-5-3-15(4-6-16)23(9-8-19(21)24)12-20(25)22-11-14-2-7-17-18(10-14)28-13-27-17/h2-7,10H,8-9,11-13H2,1H3,(H2,21,24)(H,22,25). The molecular formula is C20H23N3O5. The maximum absolute atomic E-state index is 12.5. The van der Waals surface area contributed by atoms with Crippen LogP contribution in [0.15, 0.2) is 42.5 Å². The van der Waals surface area contributed by atoms with Crippen molar-refractivity contribution >= 4 is 17.5 Å². The molecule has 8 nitrogen and oxygen atoms in total. The lowest BCUT2D eigenvalue weighted by Crippen LogP contribution is -2.38. The summed E-state index contributed by atoms with van der Waals surface area (Å²) in [7, 11) is 1.59. The van der Waals surface area contributed by atoms with Crippen molar-refractivity contribution in [3.8, 4) is 17.2 Å². The van der Waals surface area contributed by atoms with Gasteiger partial charge in [-0.1, -0.05) is 6.07 Å². The Morgan fingerprint density at radius 3 is 2.61 bits per heavy atom. The third-order valence-electron chi connectivity index (χ3n) is 4.33. The highest BCUT2D eigenvalue weighted by molar-refractivity contribution is 5.82. The van der Waals surface area contributed by atoms with Gasteiger partial charge < -0.3 is 30.2 Å². The van der Waals surface area contributed by atoms with Gasteiger partial charge in [-0.2, -0.15) is 0 Å². The first-order valence-corrected chi connectivity index (χ1v) is 8.87. The maximum Gasteiger partial charge on any atom is 0.239 e. The van der Waals surface area contributed by atoms with Crippen LogP contribution in [0.2, 0.25) is 0 Å². The molecule has 3 rings (SSSR count). The van der Waals surface area contributed by atoms with Gasteiger partial charge in [-0.25, -0.2) is 0 Å². The predicted molar refractivity (Wildman–Crippen MR) is 103 cm³/mol. The maximum atomic E-state index is 12.5. The number of hydrogen-bond donors (Lipinski definition) is 2. The quantitative estimate of drug-likeness (QED) is 0.677. The van der Waals surface area contributed by atoms with E-state index >= 15 is 0 Å². The number of nitrogens with two attached hydrogens (primary N) is 1. The monoisotopic (exact) mass is 385 g/mol. The number of fused-ring (bicyclic) bond motifs is 1. The molecule has 0 saturated carbocycles. The molecule has 2 amide bonds. The van der Waals surface area contributed by atoms with E-state index in [1.165, 1.54) is 0 Å². The number of primary amides is 1. The Balaban J connectivity index is 1.60. The molecule has 8 heteroatoms. The second-order valence-electron chi connectivity index (χ2n) is 6.30. The summed E-state index contributed by atoms with van der Waals surface area (Å²) in [5, 5.41) is 2.88. The third-order valence-corrected chi connectivity index (χ3v) is 4.33. The fourth-order valence-electron chi connectivity index (χ4n) is 2.82. The summed E-state index contributed by atoms with van der Waals surface area (Å²) in [5.41, 5.74) is 6.98. The number of nitrogens with one attached hydrogen (secondary N) is 1. The number of carbonyl (C=O) groups is 2. The summed E-state index contributed by atoms with van der Waals surface area (Å²) in [6.07, 6.45) is 0.154. The molecule has 2 aromatic carbocycles. The van der Waals surface area contributed by atoms with Crippen molar-refractivity contribution in [2.45, 2.75) is 13.0 Å². The Morgan fingerprint density at radius 1 is 1.14 bits per heavy atom. The fraction of sp³-hybridized carbons (Fsp3) is 0.300. The number of rotatable bonds is 9. The van der Waals surface area contributed by atoms with Crippen LogP contribution in [0.25, 0.3) is 0 Å². The number of benzene rings is 2. The fourth-order valence-corrected chi connectivity index (χ4v) is 2.82. The molecule has 2 aromatic rings. The average molecular weight is 385 g/mol. The van der Waals surface area contributed by atoms with E-state index in [1.807, 2.05) is 30.3 Å². The molecular weight excluding hydrogens is 362 g/mol. The lowest BCUT2D eigenvalue weighted by atomic mass is 10.2. The van der Waals surface area contributed by atoms with Crippen LogP contribution in [0, 0.1) is 0 Å². The van der Waals surface area contributed by atoms with Crippen LogP contribution in [-0.2, 0) is 16.1 Å². The topological polar surface area (TPSA) is 103 Å². The smallest absolute Gasteiger partial charge is 0.239 e. The summed E-state index contributed by atoms with van der Waals surface area (Å²) in [6.45, 7) is 1.02. The Hall–Kier alpha value is -3.42. The van der Waals surface area contributed by atoms with Crippen LogP contribution in [0.4, 0.5) is 5.69 Å². The van der Waals surface area contributed by atoms with Crippen molar-refractivity contribution in [3.63, 3.8) is 0 Å². The number of nitrogens with zero attached hydrogens (tertiary/aromatic N) is 1. The van der Waals surface area contributed by atoms with E-state index in [0.29, 0.717) is 30.3 Å². The highest BCUT2D eigenvalue weighted by Gasteiger charge is 2.15. The second kappa shape index (κ2) is 8.98. The van der Waals surface area contributed by atoms with Crippen molar-refractivity contribution in [2.24, 2.45) is 5.73 Å². The summed E-state index contributed by atoms with van der Waals surface area (Å²) >= 11 is 0. The van der Waals surface area contributed by atoms with E-state index in [9.17, 15) is 9.59 Å². The van der Waals surface area contributed by atoms with Gasteiger partial charge in [-0.05, 0) is 42.0 Å². The second-order valence-corrected chi connectivity index (χ2v) is 6.30. The lowest BCUT2D eigenvalue weighted by Gasteiger charge is -2.24. The summed E-state index contributed by atoms with van der Waals surface area (Å²) in [5.74, 6) is 1.50. The first-order valence-electron chi connectivity index (χ1n) is 8.87. The lowest BCUT2D eigenvalue weighted by molar-refractivity contribution is -0.120. The molecule has 0 bridgehead atoms. The average Bonchev–Trinajstić information content (AvgIpc) is 3.17. The van der Waals surface area contributed by atoms with E-state index in [0.717, 1.165) is 11.3 Å². The van der Waals surface area contributed by atoms with Crippen LogP contribution < -0.4 is 30.2 Å². The van der Waals surface area contributed by atoms with E-state index in [1.54, 1.807) is 24.1 Å². The van der Waals surface area contributed by atoms with Crippen LogP contribution >= 0.6 is 0 Å². The molecule has 1 aliphatic rings. The number of anilines is 1. The molecule has 148 valence electrons. The minimum Gasteiger partial charge on any atom is -0.497 e. The van der Waals surface area contributed by atoms with Crippen molar-refractivity contribution in [1.29, 1.82) is 0 Å². The molecule has 0 atom stereocenters. The Morgan fingerprint density at radius 2 is 1.89 bits per heavy atom. The van der Waals surface area contributed by atoms with Crippen molar-refractivity contribution in [2.75, 3.05) is 31.9 Å². The molecule has 3 N–H and O–H groups in total. The molecule has 0 aliphatic carbocycles. The first-order chi connectivity index (χ1) is 13.5. The molecule has 0 saturated heterocycles. The van der Waals surface area contributed by atoms with Gasteiger partial charge >= 0.3 is 0 Å². The zero-order valence-corrected chi connectivity index (χ0v) is 15.6. The van der Waals surface area contributed by atoms with Gasteiger partial charge in [0.15, 0.2) is 11.5 Å². The van der Waals surface area contributed by atoms with Crippen molar-refractivity contribution in [3.05, 3.63) is 48.0 Å². The summed E-state index contributed by atoms with van der Waals surface area (Å²) < 4.78 is 15.8. The molecule has 0 aromatic heterocycles. The number of carbonyl (C=O) groups excluding carboxylic acids is 2.